The van der Waals surface area contributed by atoms with Crippen molar-refractivity contribution in [2.45, 2.75) is 31.9 Å². The number of aromatic nitrogens is 1. The second-order valence-corrected chi connectivity index (χ2v) is 5.19. The number of pyridine rings is 1. The Balaban J connectivity index is 1.56. The van der Waals surface area contributed by atoms with Crippen LogP contribution in [0.1, 0.15) is 24.8 Å². The van der Waals surface area contributed by atoms with Crippen molar-refractivity contribution < 1.29 is 4.74 Å². The zero-order chi connectivity index (χ0) is 12.9. The van der Waals surface area contributed by atoms with Crippen LogP contribution in [0.25, 0.3) is 10.9 Å². The molecule has 0 saturated carbocycles. The molecular formula is C16H20N2O. The van der Waals surface area contributed by atoms with Crippen LogP contribution in [0.2, 0.25) is 0 Å². The molecule has 0 radical (unpaired) electrons. The molecule has 1 saturated heterocycles. The molecule has 1 N–H and O–H groups in total. The number of nitrogens with zero attached hydrogens (tertiary/aromatic N) is 1. The quantitative estimate of drug-likeness (QED) is 0.913. The third kappa shape index (κ3) is 3.31. The largest absolute Gasteiger partial charge is 0.375 e. The molecule has 100 valence electrons. The van der Waals surface area contributed by atoms with E-state index in [9.17, 15) is 0 Å². The topological polar surface area (TPSA) is 34.1 Å². The molecule has 1 aromatic heterocycles. The predicted octanol–water partition coefficient (Wildman–Crippen LogP) is 2.89. The van der Waals surface area contributed by atoms with Crippen LogP contribution in [0, 0.1) is 0 Å². The van der Waals surface area contributed by atoms with Crippen molar-refractivity contribution in [1.29, 1.82) is 0 Å². The van der Waals surface area contributed by atoms with Gasteiger partial charge < -0.3 is 10.1 Å². The second kappa shape index (κ2) is 6.13. The van der Waals surface area contributed by atoms with Gasteiger partial charge in [-0.05, 0) is 43.1 Å². The fraction of sp³-hybridized carbons (Fsp3) is 0.438. The summed E-state index contributed by atoms with van der Waals surface area (Å²) in [5, 5.41) is 4.68. The molecule has 1 aromatic carbocycles. The summed E-state index contributed by atoms with van der Waals surface area (Å²) in [6.07, 6.45) is 5.69. The highest BCUT2D eigenvalue weighted by Crippen LogP contribution is 2.14. The molecule has 1 aliphatic rings. The third-order valence-electron chi connectivity index (χ3n) is 3.67. The van der Waals surface area contributed by atoms with E-state index in [1.54, 1.807) is 0 Å². The lowest BCUT2D eigenvalue weighted by molar-refractivity contribution is 0.0912. The fourth-order valence-electron chi connectivity index (χ4n) is 2.60. The van der Waals surface area contributed by atoms with E-state index in [0.29, 0.717) is 12.6 Å². The molecule has 0 spiro atoms. The Bertz CT molecular complexity index is 535. The number of nitrogens with one attached hydrogen (secondary N) is 1. The molecule has 1 fully saturated rings. The van der Waals surface area contributed by atoms with Crippen LogP contribution >= 0.6 is 0 Å². The minimum absolute atomic E-state index is 0.538. The van der Waals surface area contributed by atoms with Crippen LogP contribution in [0.15, 0.2) is 36.5 Å². The van der Waals surface area contributed by atoms with Crippen molar-refractivity contribution in [3.8, 4) is 0 Å². The average molecular weight is 256 g/mol. The van der Waals surface area contributed by atoms with Crippen LogP contribution in [0.4, 0.5) is 0 Å². The van der Waals surface area contributed by atoms with Crippen molar-refractivity contribution >= 4 is 10.9 Å². The van der Waals surface area contributed by atoms with E-state index in [0.717, 1.165) is 18.7 Å². The highest BCUT2D eigenvalue weighted by atomic mass is 16.5. The zero-order valence-corrected chi connectivity index (χ0v) is 11.1. The minimum Gasteiger partial charge on any atom is -0.375 e. The van der Waals surface area contributed by atoms with E-state index in [1.165, 1.54) is 30.2 Å². The van der Waals surface area contributed by atoms with E-state index in [2.05, 4.69) is 34.6 Å². The lowest BCUT2D eigenvalue weighted by Crippen LogP contribution is -2.37. The second-order valence-electron chi connectivity index (χ2n) is 5.19. The van der Waals surface area contributed by atoms with Crippen molar-refractivity contribution in [1.82, 2.24) is 10.3 Å². The van der Waals surface area contributed by atoms with Crippen LogP contribution in [0.5, 0.6) is 0 Å². The summed E-state index contributed by atoms with van der Waals surface area (Å²) in [6, 6.07) is 10.9. The van der Waals surface area contributed by atoms with Gasteiger partial charge in [-0.25, -0.2) is 0 Å². The molecule has 3 rings (SSSR count). The Morgan fingerprint density at radius 2 is 2.26 bits per heavy atom. The number of piperidine rings is 1. The summed E-state index contributed by atoms with van der Waals surface area (Å²) < 4.78 is 5.83. The molecule has 0 aliphatic carbocycles. The highest BCUT2D eigenvalue weighted by molar-refractivity contribution is 5.78. The van der Waals surface area contributed by atoms with Gasteiger partial charge in [0.25, 0.3) is 0 Å². The van der Waals surface area contributed by atoms with Gasteiger partial charge in [-0.15, -0.1) is 0 Å². The van der Waals surface area contributed by atoms with Crippen molar-refractivity contribution in [3.05, 3.63) is 42.1 Å². The smallest absolute Gasteiger partial charge is 0.0717 e. The lowest BCUT2D eigenvalue weighted by atomic mass is 10.1. The van der Waals surface area contributed by atoms with Crippen molar-refractivity contribution in [2.75, 3.05) is 13.2 Å². The number of hydrogen-bond acceptors (Lipinski definition) is 3. The van der Waals surface area contributed by atoms with Gasteiger partial charge in [-0.2, -0.15) is 0 Å². The number of hydrogen-bond donors (Lipinski definition) is 1. The zero-order valence-electron chi connectivity index (χ0n) is 11.1. The molecule has 3 heteroatoms. The highest BCUT2D eigenvalue weighted by Gasteiger charge is 2.12. The molecule has 0 bridgehead atoms. The molecule has 2 aromatic rings. The van der Waals surface area contributed by atoms with Gasteiger partial charge in [-0.1, -0.05) is 18.6 Å². The molecule has 1 atom stereocenters. The van der Waals surface area contributed by atoms with Gasteiger partial charge in [0.1, 0.15) is 0 Å². The molecule has 19 heavy (non-hydrogen) atoms. The Morgan fingerprint density at radius 1 is 1.26 bits per heavy atom. The summed E-state index contributed by atoms with van der Waals surface area (Å²) in [5.74, 6) is 0. The van der Waals surface area contributed by atoms with Crippen LogP contribution in [-0.2, 0) is 11.3 Å². The maximum Gasteiger partial charge on any atom is 0.0717 e. The third-order valence-corrected chi connectivity index (χ3v) is 3.67. The van der Waals surface area contributed by atoms with Gasteiger partial charge in [0.15, 0.2) is 0 Å². The summed E-state index contributed by atoms with van der Waals surface area (Å²) in [7, 11) is 0. The maximum absolute atomic E-state index is 5.83. The molecule has 3 nitrogen and oxygen atoms in total. The van der Waals surface area contributed by atoms with Crippen LogP contribution in [0.3, 0.4) is 0 Å². The Labute approximate surface area is 114 Å². The van der Waals surface area contributed by atoms with E-state index in [1.807, 2.05) is 12.3 Å². The molecule has 1 aliphatic heterocycles. The fourth-order valence-corrected chi connectivity index (χ4v) is 2.60. The molecule has 1 unspecified atom stereocenters. The van der Waals surface area contributed by atoms with Gasteiger partial charge >= 0.3 is 0 Å². The first-order valence-corrected chi connectivity index (χ1v) is 7.06. The summed E-state index contributed by atoms with van der Waals surface area (Å²) in [4.78, 5) is 4.33. The number of rotatable bonds is 4. The first kappa shape index (κ1) is 12.6. The standard InChI is InChI=1S/C16H20N2O/c1-2-8-17-15(5-1)12-19-11-13-6-7-16-14(10-13)4-3-9-18-16/h3-4,6-7,9-10,15,17H,1-2,5,8,11-12H2. The lowest BCUT2D eigenvalue weighted by Gasteiger charge is -2.23. The number of fused-ring (bicyclic) bond motifs is 1. The minimum atomic E-state index is 0.538. The number of ether oxygens (including phenoxy) is 1. The number of benzene rings is 1. The van der Waals surface area contributed by atoms with Crippen molar-refractivity contribution in [2.24, 2.45) is 0 Å². The first-order valence-electron chi connectivity index (χ1n) is 7.06. The van der Waals surface area contributed by atoms with E-state index < -0.39 is 0 Å². The summed E-state index contributed by atoms with van der Waals surface area (Å²) in [6.45, 7) is 2.63. The van der Waals surface area contributed by atoms with E-state index >= 15 is 0 Å². The summed E-state index contributed by atoms with van der Waals surface area (Å²) >= 11 is 0. The molecule has 2 heterocycles. The van der Waals surface area contributed by atoms with Gasteiger partial charge in [0.05, 0.1) is 18.7 Å². The van der Waals surface area contributed by atoms with Gasteiger partial charge in [0.2, 0.25) is 0 Å². The Hall–Kier alpha value is -1.45. The van der Waals surface area contributed by atoms with E-state index in [4.69, 9.17) is 4.74 Å². The van der Waals surface area contributed by atoms with Crippen LogP contribution < -0.4 is 5.32 Å². The van der Waals surface area contributed by atoms with Gasteiger partial charge in [-0.3, -0.25) is 4.98 Å². The average Bonchev–Trinajstić information content (AvgIpc) is 2.48. The summed E-state index contributed by atoms with van der Waals surface area (Å²) in [5.41, 5.74) is 2.26. The first-order chi connectivity index (χ1) is 9.42. The van der Waals surface area contributed by atoms with Crippen LogP contribution in [-0.4, -0.2) is 24.2 Å². The van der Waals surface area contributed by atoms with E-state index in [-0.39, 0.29) is 0 Å². The Morgan fingerprint density at radius 3 is 3.16 bits per heavy atom. The monoisotopic (exact) mass is 256 g/mol. The normalized spacial score (nSPS) is 19.7. The molecular weight excluding hydrogens is 236 g/mol. The SMILES string of the molecule is c1cnc2ccc(COCC3CCCCN3)cc2c1. The maximum atomic E-state index is 5.83. The predicted molar refractivity (Wildman–Crippen MR) is 77.0 cm³/mol. The van der Waals surface area contributed by atoms with Crippen molar-refractivity contribution in [3.63, 3.8) is 0 Å². The van der Waals surface area contributed by atoms with Gasteiger partial charge in [0, 0.05) is 17.6 Å². The molecule has 0 amide bonds. The Kier molecular flexibility index (Phi) is 4.06.